The van der Waals surface area contributed by atoms with Crippen LogP contribution in [0.15, 0.2) is 48.8 Å². The summed E-state index contributed by atoms with van der Waals surface area (Å²) < 4.78 is 0. The molecule has 1 fully saturated rings. The molecule has 1 saturated heterocycles. The first kappa shape index (κ1) is 14.4. The van der Waals surface area contributed by atoms with Crippen LogP contribution in [0.25, 0.3) is 10.9 Å². The Labute approximate surface area is 136 Å². The predicted octanol–water partition coefficient (Wildman–Crippen LogP) is 3.41. The van der Waals surface area contributed by atoms with Gasteiger partial charge in [-0.2, -0.15) is 5.10 Å². The number of piperidine rings is 1. The molecule has 0 spiro atoms. The lowest BCUT2D eigenvalue weighted by molar-refractivity contribution is 0.167. The average Bonchev–Trinajstić information content (AvgIpc) is 3.09. The van der Waals surface area contributed by atoms with Gasteiger partial charge in [0.1, 0.15) is 0 Å². The van der Waals surface area contributed by atoms with Crippen molar-refractivity contribution in [2.75, 3.05) is 13.1 Å². The van der Waals surface area contributed by atoms with E-state index in [1.54, 1.807) is 0 Å². The zero-order chi connectivity index (χ0) is 15.5. The zero-order valence-electron chi connectivity index (χ0n) is 13.3. The number of para-hydroxylation sites is 1. The van der Waals surface area contributed by atoms with Crippen molar-refractivity contribution < 1.29 is 0 Å². The Bertz CT molecular complexity index is 761. The fourth-order valence-electron chi connectivity index (χ4n) is 3.71. The van der Waals surface area contributed by atoms with Crippen LogP contribution in [0.1, 0.15) is 24.1 Å². The van der Waals surface area contributed by atoms with E-state index in [0.29, 0.717) is 5.92 Å². The molecule has 4 nitrogen and oxygen atoms in total. The van der Waals surface area contributed by atoms with Gasteiger partial charge in [0.25, 0.3) is 0 Å². The molecule has 1 aliphatic rings. The normalized spacial score (nSPS) is 19.2. The third kappa shape index (κ3) is 3.27. The van der Waals surface area contributed by atoms with Crippen molar-refractivity contribution >= 4 is 10.9 Å². The van der Waals surface area contributed by atoms with Crippen molar-refractivity contribution in [1.82, 2.24) is 20.1 Å². The first-order valence-corrected chi connectivity index (χ1v) is 8.42. The van der Waals surface area contributed by atoms with E-state index in [4.69, 9.17) is 0 Å². The first-order valence-electron chi connectivity index (χ1n) is 8.42. The highest BCUT2D eigenvalue weighted by atomic mass is 15.1. The number of likely N-dealkylation sites (tertiary alicyclic amines) is 1. The summed E-state index contributed by atoms with van der Waals surface area (Å²) in [7, 11) is 0. The minimum absolute atomic E-state index is 0.715. The molecule has 0 saturated carbocycles. The molecule has 23 heavy (non-hydrogen) atoms. The maximum atomic E-state index is 4.59. The predicted molar refractivity (Wildman–Crippen MR) is 92.0 cm³/mol. The highest BCUT2D eigenvalue weighted by Crippen LogP contribution is 2.23. The molecule has 118 valence electrons. The SMILES string of the molecule is c1cnc2c(CN3CCC[C@H](Cc4ccn[nH]4)C3)cccc2c1. The summed E-state index contributed by atoms with van der Waals surface area (Å²) in [5.41, 5.74) is 3.74. The van der Waals surface area contributed by atoms with Gasteiger partial charge in [0.05, 0.1) is 5.52 Å². The fourth-order valence-corrected chi connectivity index (χ4v) is 3.71. The summed E-state index contributed by atoms with van der Waals surface area (Å²) >= 11 is 0. The largest absolute Gasteiger partial charge is 0.299 e. The minimum atomic E-state index is 0.715. The Morgan fingerprint density at radius 1 is 1.13 bits per heavy atom. The second-order valence-corrected chi connectivity index (χ2v) is 6.52. The summed E-state index contributed by atoms with van der Waals surface area (Å²) in [6.45, 7) is 3.33. The van der Waals surface area contributed by atoms with Crippen molar-refractivity contribution in [2.45, 2.75) is 25.8 Å². The summed E-state index contributed by atoms with van der Waals surface area (Å²) in [5.74, 6) is 0.715. The summed E-state index contributed by atoms with van der Waals surface area (Å²) in [6, 6.07) is 12.7. The molecule has 0 unspecified atom stereocenters. The maximum Gasteiger partial charge on any atom is 0.0746 e. The summed E-state index contributed by atoms with van der Waals surface area (Å²) in [6.07, 6.45) is 7.42. The lowest BCUT2D eigenvalue weighted by Gasteiger charge is -2.32. The number of pyridine rings is 1. The molecular formula is C19H22N4. The molecule has 0 bridgehead atoms. The zero-order valence-corrected chi connectivity index (χ0v) is 13.3. The van der Waals surface area contributed by atoms with Crippen LogP contribution < -0.4 is 0 Å². The van der Waals surface area contributed by atoms with E-state index in [9.17, 15) is 0 Å². The third-order valence-electron chi connectivity index (χ3n) is 4.78. The van der Waals surface area contributed by atoms with E-state index < -0.39 is 0 Å². The van der Waals surface area contributed by atoms with Crippen molar-refractivity contribution in [2.24, 2.45) is 5.92 Å². The number of aromatic amines is 1. The van der Waals surface area contributed by atoms with Crippen LogP contribution in [0.5, 0.6) is 0 Å². The standard InChI is InChI=1S/C19H22N4/c1-5-16-7-2-9-20-19(16)17(6-1)14-23-11-3-4-15(13-23)12-18-8-10-21-22-18/h1-2,5-10,15H,3-4,11-14H2,(H,21,22)/t15-/m1/s1. The van der Waals surface area contributed by atoms with Gasteiger partial charge in [-0.1, -0.05) is 24.3 Å². The van der Waals surface area contributed by atoms with E-state index >= 15 is 0 Å². The second kappa shape index (κ2) is 6.50. The summed E-state index contributed by atoms with van der Waals surface area (Å²) in [4.78, 5) is 7.16. The Hall–Kier alpha value is -2.20. The smallest absolute Gasteiger partial charge is 0.0746 e. The van der Waals surface area contributed by atoms with Gasteiger partial charge in [0.2, 0.25) is 0 Å². The van der Waals surface area contributed by atoms with Crippen LogP contribution in [-0.2, 0) is 13.0 Å². The van der Waals surface area contributed by atoms with Crippen molar-refractivity contribution in [3.63, 3.8) is 0 Å². The maximum absolute atomic E-state index is 4.59. The number of nitrogens with one attached hydrogen (secondary N) is 1. The number of aromatic nitrogens is 3. The number of benzene rings is 1. The molecule has 1 aliphatic heterocycles. The lowest BCUT2D eigenvalue weighted by atomic mass is 9.93. The molecule has 3 heterocycles. The van der Waals surface area contributed by atoms with Crippen molar-refractivity contribution in [3.8, 4) is 0 Å². The molecule has 1 aromatic carbocycles. The number of fused-ring (bicyclic) bond motifs is 1. The molecule has 4 heteroatoms. The first-order chi connectivity index (χ1) is 11.4. The average molecular weight is 306 g/mol. The van der Waals surface area contributed by atoms with Gasteiger partial charge >= 0.3 is 0 Å². The van der Waals surface area contributed by atoms with E-state index in [0.717, 1.165) is 25.0 Å². The molecule has 2 aromatic heterocycles. The highest BCUT2D eigenvalue weighted by molar-refractivity contribution is 5.81. The number of rotatable bonds is 4. The molecule has 1 atom stereocenters. The van der Waals surface area contributed by atoms with Gasteiger partial charge in [-0.25, -0.2) is 0 Å². The third-order valence-corrected chi connectivity index (χ3v) is 4.78. The van der Waals surface area contributed by atoms with Crippen LogP contribution in [0.3, 0.4) is 0 Å². The van der Waals surface area contributed by atoms with Gasteiger partial charge in [-0.3, -0.25) is 15.0 Å². The van der Waals surface area contributed by atoms with Crippen LogP contribution in [0.4, 0.5) is 0 Å². The Kier molecular flexibility index (Phi) is 4.07. The molecule has 1 N–H and O–H groups in total. The van der Waals surface area contributed by atoms with Gasteiger partial charge in [-0.05, 0) is 49.4 Å². The number of hydrogen-bond donors (Lipinski definition) is 1. The van der Waals surface area contributed by atoms with Gasteiger partial charge in [0.15, 0.2) is 0 Å². The van der Waals surface area contributed by atoms with Crippen LogP contribution >= 0.6 is 0 Å². The minimum Gasteiger partial charge on any atom is -0.299 e. The molecule has 0 amide bonds. The number of nitrogens with zero attached hydrogens (tertiary/aromatic N) is 3. The second-order valence-electron chi connectivity index (χ2n) is 6.52. The Morgan fingerprint density at radius 3 is 3.00 bits per heavy atom. The molecule has 3 aromatic rings. The van der Waals surface area contributed by atoms with Crippen molar-refractivity contribution in [3.05, 3.63) is 60.0 Å². The molecular weight excluding hydrogens is 284 g/mol. The van der Waals surface area contributed by atoms with Gasteiger partial charge < -0.3 is 0 Å². The van der Waals surface area contributed by atoms with Crippen molar-refractivity contribution in [1.29, 1.82) is 0 Å². The van der Waals surface area contributed by atoms with Crippen LogP contribution in [0.2, 0.25) is 0 Å². The van der Waals surface area contributed by atoms with Crippen LogP contribution in [-0.4, -0.2) is 33.2 Å². The van der Waals surface area contributed by atoms with E-state index in [1.165, 1.54) is 36.0 Å². The van der Waals surface area contributed by atoms with E-state index in [2.05, 4.69) is 50.4 Å². The van der Waals surface area contributed by atoms with Gasteiger partial charge in [-0.15, -0.1) is 0 Å². The molecule has 0 radical (unpaired) electrons. The highest BCUT2D eigenvalue weighted by Gasteiger charge is 2.21. The lowest BCUT2D eigenvalue weighted by Crippen LogP contribution is -2.35. The van der Waals surface area contributed by atoms with Crippen LogP contribution in [0, 0.1) is 5.92 Å². The topological polar surface area (TPSA) is 44.8 Å². The number of H-pyrrole nitrogens is 1. The quantitative estimate of drug-likeness (QED) is 0.803. The van der Waals surface area contributed by atoms with E-state index in [-0.39, 0.29) is 0 Å². The molecule has 0 aliphatic carbocycles. The Morgan fingerprint density at radius 2 is 2.09 bits per heavy atom. The summed E-state index contributed by atoms with van der Waals surface area (Å²) in [5, 5.41) is 8.39. The van der Waals surface area contributed by atoms with Gasteiger partial charge in [0, 0.05) is 36.6 Å². The Balaban J connectivity index is 1.47. The monoisotopic (exact) mass is 306 g/mol. The number of hydrogen-bond acceptors (Lipinski definition) is 3. The molecule has 4 rings (SSSR count). The fraction of sp³-hybridized carbons (Fsp3) is 0.368. The van der Waals surface area contributed by atoms with E-state index in [1.807, 2.05) is 18.5 Å².